The fourth-order valence-corrected chi connectivity index (χ4v) is 3.30. The van der Waals surface area contributed by atoms with E-state index in [-0.39, 0.29) is 0 Å². The van der Waals surface area contributed by atoms with Gasteiger partial charge >= 0.3 is 0 Å². The van der Waals surface area contributed by atoms with Crippen molar-refractivity contribution in [3.63, 3.8) is 0 Å². The first-order chi connectivity index (χ1) is 9.19. The highest BCUT2D eigenvalue weighted by Gasteiger charge is 2.10. The predicted octanol–water partition coefficient (Wildman–Crippen LogP) is 4.69. The van der Waals surface area contributed by atoms with Crippen LogP contribution in [-0.2, 0) is 5.75 Å². The van der Waals surface area contributed by atoms with Crippen molar-refractivity contribution in [2.45, 2.75) is 17.9 Å². The van der Waals surface area contributed by atoms with Gasteiger partial charge in [-0.05, 0) is 30.2 Å². The number of halogens is 1. The zero-order valence-corrected chi connectivity index (χ0v) is 13.4. The van der Waals surface area contributed by atoms with E-state index in [2.05, 4.69) is 71.4 Å². The van der Waals surface area contributed by atoms with E-state index >= 15 is 0 Å². The second-order valence-corrected chi connectivity index (χ2v) is 6.68. The van der Waals surface area contributed by atoms with Crippen LogP contribution < -0.4 is 5.73 Å². The first kappa shape index (κ1) is 14.6. The van der Waals surface area contributed by atoms with Crippen molar-refractivity contribution in [3.05, 3.63) is 69.7 Å². The number of thioether (sulfide) groups is 1. The van der Waals surface area contributed by atoms with Crippen LogP contribution in [-0.4, -0.2) is 6.54 Å². The van der Waals surface area contributed by atoms with Crippen molar-refractivity contribution in [2.75, 3.05) is 6.54 Å². The molecule has 0 aliphatic heterocycles. The molecule has 2 rings (SSSR count). The summed E-state index contributed by atoms with van der Waals surface area (Å²) < 4.78 is 1.11. The number of aryl methyl sites for hydroxylation is 1. The maximum Gasteiger partial charge on any atom is 0.0423 e. The van der Waals surface area contributed by atoms with Gasteiger partial charge < -0.3 is 5.73 Å². The molecule has 0 saturated carbocycles. The lowest BCUT2D eigenvalue weighted by atomic mass is 10.1. The van der Waals surface area contributed by atoms with Crippen LogP contribution in [0.4, 0.5) is 0 Å². The third-order valence-electron chi connectivity index (χ3n) is 2.99. The average Bonchev–Trinajstić information content (AvgIpc) is 2.41. The molecule has 1 nitrogen and oxygen atoms in total. The number of hydrogen-bond acceptors (Lipinski definition) is 2. The van der Waals surface area contributed by atoms with Crippen LogP contribution in [0.3, 0.4) is 0 Å². The van der Waals surface area contributed by atoms with Crippen LogP contribution in [0.25, 0.3) is 0 Å². The predicted molar refractivity (Wildman–Crippen MR) is 88.4 cm³/mol. The Balaban J connectivity index is 2.01. The molecule has 2 N–H and O–H groups in total. The number of rotatable bonds is 5. The molecule has 1 atom stereocenters. The molecule has 2 aromatic rings. The van der Waals surface area contributed by atoms with Gasteiger partial charge in [0.25, 0.3) is 0 Å². The van der Waals surface area contributed by atoms with Crippen LogP contribution in [0.5, 0.6) is 0 Å². The summed E-state index contributed by atoms with van der Waals surface area (Å²) in [5.41, 5.74) is 9.87. The highest BCUT2D eigenvalue weighted by Crippen LogP contribution is 2.31. The Labute approximate surface area is 127 Å². The van der Waals surface area contributed by atoms with Crippen molar-refractivity contribution < 1.29 is 0 Å². The summed E-state index contributed by atoms with van der Waals surface area (Å²) in [6, 6.07) is 17.1. The lowest BCUT2D eigenvalue weighted by Crippen LogP contribution is -2.09. The third kappa shape index (κ3) is 4.37. The lowest BCUT2D eigenvalue weighted by molar-refractivity contribution is 0.940. The van der Waals surface area contributed by atoms with Crippen LogP contribution in [0, 0.1) is 6.92 Å². The van der Waals surface area contributed by atoms with Crippen LogP contribution in [0.2, 0.25) is 0 Å². The van der Waals surface area contributed by atoms with Crippen molar-refractivity contribution in [1.29, 1.82) is 0 Å². The van der Waals surface area contributed by atoms with Crippen molar-refractivity contribution >= 4 is 27.7 Å². The summed E-state index contributed by atoms with van der Waals surface area (Å²) in [4.78, 5) is 0. The first-order valence-corrected chi connectivity index (χ1v) is 8.16. The van der Waals surface area contributed by atoms with Gasteiger partial charge in [0, 0.05) is 22.0 Å². The minimum absolute atomic E-state index is 0.355. The maximum absolute atomic E-state index is 5.90. The molecule has 0 spiro atoms. The second kappa shape index (κ2) is 7.13. The molecule has 0 aliphatic carbocycles. The summed E-state index contributed by atoms with van der Waals surface area (Å²) in [6.45, 7) is 2.79. The number of benzene rings is 2. The number of hydrogen-bond donors (Lipinski definition) is 1. The van der Waals surface area contributed by atoms with Gasteiger partial charge in [0.2, 0.25) is 0 Å². The van der Waals surface area contributed by atoms with E-state index in [1.165, 1.54) is 16.7 Å². The Morgan fingerprint density at radius 1 is 1.16 bits per heavy atom. The smallest absolute Gasteiger partial charge is 0.0423 e. The Morgan fingerprint density at radius 2 is 1.89 bits per heavy atom. The molecule has 19 heavy (non-hydrogen) atoms. The zero-order chi connectivity index (χ0) is 13.7. The topological polar surface area (TPSA) is 26.0 Å². The van der Waals surface area contributed by atoms with E-state index in [1.54, 1.807) is 0 Å². The molecule has 0 bridgehead atoms. The molecule has 0 saturated heterocycles. The minimum atomic E-state index is 0.355. The monoisotopic (exact) mass is 335 g/mol. The largest absolute Gasteiger partial charge is 0.329 e. The fourth-order valence-electron chi connectivity index (χ4n) is 1.98. The van der Waals surface area contributed by atoms with E-state index in [4.69, 9.17) is 5.73 Å². The summed E-state index contributed by atoms with van der Waals surface area (Å²) in [5.74, 6) is 1.000. The van der Waals surface area contributed by atoms with E-state index < -0.39 is 0 Å². The normalized spacial score (nSPS) is 12.4. The lowest BCUT2D eigenvalue weighted by Gasteiger charge is -2.15. The fraction of sp³-hybridized carbons (Fsp3) is 0.250. The highest BCUT2D eigenvalue weighted by atomic mass is 79.9. The van der Waals surface area contributed by atoms with E-state index in [0.717, 1.165) is 10.2 Å². The molecular weight excluding hydrogens is 318 g/mol. The molecule has 0 aliphatic rings. The van der Waals surface area contributed by atoms with E-state index in [9.17, 15) is 0 Å². The second-order valence-electron chi connectivity index (χ2n) is 4.58. The van der Waals surface area contributed by atoms with Crippen molar-refractivity contribution in [1.82, 2.24) is 0 Å². The molecule has 100 valence electrons. The molecule has 0 fully saturated rings. The summed E-state index contributed by atoms with van der Waals surface area (Å²) in [5, 5.41) is 0.355. The molecule has 3 heteroatoms. The van der Waals surface area contributed by atoms with Gasteiger partial charge in [-0.1, -0.05) is 57.9 Å². The quantitative estimate of drug-likeness (QED) is 0.857. The highest BCUT2D eigenvalue weighted by molar-refractivity contribution is 9.10. The zero-order valence-electron chi connectivity index (χ0n) is 11.0. The van der Waals surface area contributed by atoms with Gasteiger partial charge in [-0.3, -0.25) is 0 Å². The van der Waals surface area contributed by atoms with E-state index in [0.29, 0.717) is 11.8 Å². The van der Waals surface area contributed by atoms with Gasteiger partial charge in [-0.15, -0.1) is 11.8 Å². The van der Waals surface area contributed by atoms with Gasteiger partial charge in [-0.2, -0.15) is 0 Å². The third-order valence-corrected chi connectivity index (χ3v) is 4.89. The SMILES string of the molecule is Cc1cccc(CSC(CN)c2ccc(Br)cc2)c1. The Hall–Kier alpha value is -0.770. The Kier molecular flexibility index (Phi) is 5.49. The molecular formula is C16H18BrNS. The standard InChI is InChI=1S/C16H18BrNS/c1-12-3-2-4-13(9-12)11-19-16(10-18)14-5-7-15(17)8-6-14/h2-9,16H,10-11,18H2,1H3. The molecule has 0 amide bonds. The Morgan fingerprint density at radius 3 is 2.53 bits per heavy atom. The molecule has 2 aromatic carbocycles. The summed E-state index contributed by atoms with van der Waals surface area (Å²) in [6.07, 6.45) is 0. The van der Waals surface area contributed by atoms with Crippen LogP contribution >= 0.6 is 27.7 Å². The number of nitrogens with two attached hydrogens (primary N) is 1. The van der Waals surface area contributed by atoms with Gasteiger partial charge in [0.15, 0.2) is 0 Å². The Bertz CT molecular complexity index is 525. The van der Waals surface area contributed by atoms with Gasteiger partial charge in [-0.25, -0.2) is 0 Å². The minimum Gasteiger partial charge on any atom is -0.329 e. The van der Waals surface area contributed by atoms with Crippen molar-refractivity contribution in [3.8, 4) is 0 Å². The summed E-state index contributed by atoms with van der Waals surface area (Å²) in [7, 11) is 0. The van der Waals surface area contributed by atoms with Gasteiger partial charge in [0.1, 0.15) is 0 Å². The van der Waals surface area contributed by atoms with Gasteiger partial charge in [0.05, 0.1) is 0 Å². The van der Waals surface area contributed by atoms with Crippen molar-refractivity contribution in [2.24, 2.45) is 5.73 Å². The van der Waals surface area contributed by atoms with E-state index in [1.807, 2.05) is 11.8 Å². The van der Waals surface area contributed by atoms with Crippen LogP contribution in [0.15, 0.2) is 53.0 Å². The average molecular weight is 336 g/mol. The summed E-state index contributed by atoms with van der Waals surface area (Å²) >= 11 is 5.36. The molecule has 0 aromatic heterocycles. The van der Waals surface area contributed by atoms with Crippen LogP contribution in [0.1, 0.15) is 21.9 Å². The molecule has 1 unspecified atom stereocenters. The maximum atomic E-state index is 5.90. The molecule has 0 radical (unpaired) electrons. The molecule has 0 heterocycles. The first-order valence-electron chi connectivity index (χ1n) is 6.31.